The molecule has 1 aromatic heterocycles. The van der Waals surface area contributed by atoms with Crippen molar-refractivity contribution in [2.24, 2.45) is 7.05 Å². The van der Waals surface area contributed by atoms with E-state index in [4.69, 9.17) is 9.47 Å². The second kappa shape index (κ2) is 9.14. The summed E-state index contributed by atoms with van der Waals surface area (Å²) in [6, 6.07) is 5.95. The van der Waals surface area contributed by atoms with Gasteiger partial charge in [-0.3, -0.25) is 19.6 Å². The van der Waals surface area contributed by atoms with Gasteiger partial charge in [-0.2, -0.15) is 5.10 Å². The molecule has 10 nitrogen and oxygen atoms in total. The first-order valence-electron chi connectivity index (χ1n) is 12.0. The highest BCUT2D eigenvalue weighted by Crippen LogP contribution is 2.36. The third-order valence-electron chi connectivity index (χ3n) is 6.85. The molecule has 2 aromatic rings. The highest BCUT2D eigenvalue weighted by atomic mass is 16.6. The van der Waals surface area contributed by atoms with Crippen LogP contribution in [-0.2, 0) is 31.5 Å². The van der Waals surface area contributed by atoms with Gasteiger partial charge in [0.1, 0.15) is 5.60 Å². The van der Waals surface area contributed by atoms with E-state index in [1.54, 1.807) is 16.7 Å². The number of ether oxygens (including phenoxy) is 2. The summed E-state index contributed by atoms with van der Waals surface area (Å²) < 4.78 is 13.0. The molecule has 2 N–H and O–H groups in total. The number of amides is 3. The van der Waals surface area contributed by atoms with Crippen LogP contribution in [0.2, 0.25) is 0 Å². The number of methoxy groups -OCH3 is 1. The first-order valence-corrected chi connectivity index (χ1v) is 12.0. The number of likely N-dealkylation sites (tertiary alicyclic amines) is 1. The Morgan fingerprint density at radius 3 is 2.69 bits per heavy atom. The molecule has 35 heavy (non-hydrogen) atoms. The van der Waals surface area contributed by atoms with E-state index in [0.29, 0.717) is 38.0 Å². The van der Waals surface area contributed by atoms with Crippen molar-refractivity contribution >= 4 is 34.5 Å². The maximum absolute atomic E-state index is 12.7. The maximum Gasteiger partial charge on any atom is 0.410 e. The molecule has 2 aliphatic heterocycles. The predicted molar refractivity (Wildman–Crippen MR) is 131 cm³/mol. The van der Waals surface area contributed by atoms with Crippen LogP contribution in [0.1, 0.15) is 52.7 Å². The Balaban J connectivity index is 1.52. The van der Waals surface area contributed by atoms with Gasteiger partial charge in [-0.25, -0.2) is 4.79 Å². The van der Waals surface area contributed by atoms with Crippen LogP contribution in [0, 0.1) is 0 Å². The number of hydrogen-bond donors (Lipinski definition) is 2. The molecule has 0 bridgehead atoms. The number of aromatic nitrogens is 2. The summed E-state index contributed by atoms with van der Waals surface area (Å²) in [6.07, 6.45) is 0.898. The Kier molecular flexibility index (Phi) is 6.52. The molecule has 2 saturated heterocycles. The Bertz CT molecular complexity index is 1150. The standard InChI is InChI=1S/C25H35N5O5/c1-24(2,3)35-23(33)30-12-10-17(19(14-30)34-6)26-15-7-8-16-18(13-15)29(5)28-21(16)25(4)11-9-20(31)27-22(25)32/h7-8,13,17,19,26H,9-12,14H2,1-6H3,(H,27,31,32)/t17-,19-,25?/m1/s1. The quantitative estimate of drug-likeness (QED) is 0.640. The number of hydrogen-bond acceptors (Lipinski definition) is 7. The molecule has 10 heteroatoms. The minimum absolute atomic E-state index is 0.0106. The number of fused-ring (bicyclic) bond motifs is 1. The summed E-state index contributed by atoms with van der Waals surface area (Å²) in [5.41, 5.74) is 1.05. The smallest absolute Gasteiger partial charge is 0.410 e. The maximum atomic E-state index is 12.7. The van der Waals surface area contributed by atoms with E-state index < -0.39 is 11.0 Å². The minimum atomic E-state index is -0.863. The zero-order chi connectivity index (χ0) is 25.5. The second-order valence-corrected chi connectivity index (χ2v) is 10.7. The topological polar surface area (TPSA) is 115 Å². The van der Waals surface area contributed by atoms with Crippen molar-refractivity contribution in [2.75, 3.05) is 25.5 Å². The first kappa shape index (κ1) is 25.0. The van der Waals surface area contributed by atoms with Crippen molar-refractivity contribution in [2.45, 2.75) is 70.1 Å². The fourth-order valence-corrected chi connectivity index (χ4v) is 4.81. The van der Waals surface area contributed by atoms with Crippen LogP contribution in [0.15, 0.2) is 18.2 Å². The predicted octanol–water partition coefficient (Wildman–Crippen LogP) is 2.70. The summed E-state index contributed by atoms with van der Waals surface area (Å²) in [6.45, 7) is 8.41. The van der Waals surface area contributed by atoms with E-state index >= 15 is 0 Å². The van der Waals surface area contributed by atoms with E-state index in [-0.39, 0.29) is 30.1 Å². The van der Waals surface area contributed by atoms with Gasteiger partial charge in [-0.15, -0.1) is 0 Å². The second-order valence-electron chi connectivity index (χ2n) is 10.7. The van der Waals surface area contributed by atoms with Gasteiger partial charge in [-0.1, -0.05) is 0 Å². The fraction of sp³-hybridized carbons (Fsp3) is 0.600. The number of carbonyl (C=O) groups is 3. The SMILES string of the molecule is CO[C@@H]1CN(C(=O)OC(C)(C)C)CC[C@H]1Nc1ccc2c(C3(C)CCC(=O)NC3=O)nn(C)c2c1. The largest absolute Gasteiger partial charge is 0.444 e. The van der Waals surface area contributed by atoms with Gasteiger partial charge in [0.05, 0.1) is 35.3 Å². The third kappa shape index (κ3) is 4.98. The molecule has 3 heterocycles. The Labute approximate surface area is 205 Å². The normalized spacial score (nSPS) is 25.5. The Morgan fingerprint density at radius 2 is 2.03 bits per heavy atom. The van der Waals surface area contributed by atoms with Crippen LogP contribution in [-0.4, -0.2) is 70.5 Å². The number of nitrogens with one attached hydrogen (secondary N) is 2. The lowest BCUT2D eigenvalue weighted by atomic mass is 9.77. The summed E-state index contributed by atoms with van der Waals surface area (Å²) in [4.78, 5) is 38.5. The number of anilines is 1. The van der Waals surface area contributed by atoms with Crippen molar-refractivity contribution < 1.29 is 23.9 Å². The Morgan fingerprint density at radius 1 is 1.29 bits per heavy atom. The lowest BCUT2D eigenvalue weighted by Crippen LogP contribution is -2.53. The fourth-order valence-electron chi connectivity index (χ4n) is 4.81. The van der Waals surface area contributed by atoms with Crippen LogP contribution in [0.4, 0.5) is 10.5 Å². The zero-order valence-corrected chi connectivity index (χ0v) is 21.3. The highest BCUT2D eigenvalue weighted by molar-refractivity contribution is 6.05. The lowest BCUT2D eigenvalue weighted by Gasteiger charge is -2.38. The summed E-state index contributed by atoms with van der Waals surface area (Å²) in [5.74, 6) is -0.555. The summed E-state index contributed by atoms with van der Waals surface area (Å²) in [5, 5.41) is 11.6. The van der Waals surface area contributed by atoms with E-state index in [0.717, 1.165) is 16.6 Å². The molecule has 0 spiro atoms. The minimum Gasteiger partial charge on any atom is -0.444 e. The van der Waals surface area contributed by atoms with Crippen LogP contribution < -0.4 is 10.6 Å². The van der Waals surface area contributed by atoms with Crippen LogP contribution in [0.5, 0.6) is 0 Å². The van der Waals surface area contributed by atoms with Gasteiger partial charge in [-0.05, 0) is 58.7 Å². The van der Waals surface area contributed by atoms with Gasteiger partial charge in [0, 0.05) is 38.2 Å². The highest BCUT2D eigenvalue weighted by Gasteiger charge is 2.43. The van der Waals surface area contributed by atoms with Crippen molar-refractivity contribution in [3.05, 3.63) is 23.9 Å². The molecule has 1 unspecified atom stereocenters. The number of piperidine rings is 2. The first-order chi connectivity index (χ1) is 16.4. The molecule has 0 radical (unpaired) electrons. The number of rotatable bonds is 4. The molecule has 2 fully saturated rings. The molecule has 4 rings (SSSR count). The van der Waals surface area contributed by atoms with Gasteiger partial charge >= 0.3 is 6.09 Å². The van der Waals surface area contributed by atoms with Gasteiger partial charge in [0.2, 0.25) is 11.8 Å². The number of carbonyl (C=O) groups excluding carboxylic acids is 3. The van der Waals surface area contributed by atoms with E-state index in [9.17, 15) is 14.4 Å². The molecule has 2 aliphatic rings. The van der Waals surface area contributed by atoms with Crippen molar-refractivity contribution in [3.8, 4) is 0 Å². The molecule has 0 saturated carbocycles. The van der Waals surface area contributed by atoms with E-state index in [2.05, 4.69) is 15.7 Å². The molecular formula is C25H35N5O5. The van der Waals surface area contributed by atoms with Gasteiger partial charge in [0.25, 0.3) is 0 Å². The number of nitrogens with zero attached hydrogens (tertiary/aromatic N) is 3. The number of imide groups is 1. The summed E-state index contributed by atoms with van der Waals surface area (Å²) in [7, 11) is 3.50. The van der Waals surface area contributed by atoms with Crippen molar-refractivity contribution in [3.63, 3.8) is 0 Å². The number of aryl methyl sites for hydroxylation is 1. The molecule has 3 amide bonds. The monoisotopic (exact) mass is 485 g/mol. The molecular weight excluding hydrogens is 450 g/mol. The molecule has 0 aliphatic carbocycles. The van der Waals surface area contributed by atoms with Crippen molar-refractivity contribution in [1.82, 2.24) is 20.0 Å². The Hall–Kier alpha value is -3.14. The van der Waals surface area contributed by atoms with Crippen LogP contribution in [0.25, 0.3) is 10.9 Å². The average Bonchev–Trinajstić information content (AvgIpc) is 3.12. The zero-order valence-electron chi connectivity index (χ0n) is 21.3. The lowest BCUT2D eigenvalue weighted by molar-refractivity contribution is -0.137. The van der Waals surface area contributed by atoms with E-state index in [1.165, 1.54) is 0 Å². The van der Waals surface area contributed by atoms with Crippen LogP contribution >= 0.6 is 0 Å². The van der Waals surface area contributed by atoms with Crippen LogP contribution in [0.3, 0.4) is 0 Å². The third-order valence-corrected chi connectivity index (χ3v) is 6.85. The number of benzene rings is 1. The van der Waals surface area contributed by atoms with Gasteiger partial charge < -0.3 is 19.7 Å². The van der Waals surface area contributed by atoms with Crippen molar-refractivity contribution in [1.29, 1.82) is 0 Å². The van der Waals surface area contributed by atoms with E-state index in [1.807, 2.05) is 52.9 Å². The molecule has 3 atom stereocenters. The summed E-state index contributed by atoms with van der Waals surface area (Å²) >= 11 is 0. The average molecular weight is 486 g/mol. The van der Waals surface area contributed by atoms with Gasteiger partial charge in [0.15, 0.2) is 0 Å². The molecule has 190 valence electrons. The molecule has 1 aromatic carbocycles.